The third kappa shape index (κ3) is 3.37. The largest absolute Gasteiger partial charge is 0.508 e. The molecule has 2 aromatic heterocycles. The van der Waals surface area contributed by atoms with Gasteiger partial charge in [0, 0.05) is 43.5 Å². The summed E-state index contributed by atoms with van der Waals surface area (Å²) in [7, 11) is 0. The minimum Gasteiger partial charge on any atom is -0.508 e. The molecule has 4 rings (SSSR count). The molecule has 0 aliphatic carbocycles. The first-order valence-corrected chi connectivity index (χ1v) is 9.32. The highest BCUT2D eigenvalue weighted by atomic mass is 16.3. The number of aromatic hydroxyl groups is 1. The molecule has 0 fully saturated rings. The van der Waals surface area contributed by atoms with Crippen LogP contribution in [0.3, 0.4) is 0 Å². The molecule has 0 saturated heterocycles. The van der Waals surface area contributed by atoms with Crippen molar-refractivity contribution in [3.8, 4) is 5.75 Å². The highest BCUT2D eigenvalue weighted by Crippen LogP contribution is 2.35. The lowest BCUT2D eigenvalue weighted by molar-refractivity contribution is 0.198. The van der Waals surface area contributed by atoms with E-state index >= 15 is 0 Å². The fourth-order valence-electron chi connectivity index (χ4n) is 3.73. The van der Waals surface area contributed by atoms with Crippen LogP contribution in [0.2, 0.25) is 0 Å². The van der Waals surface area contributed by atoms with Crippen molar-refractivity contribution in [2.75, 3.05) is 6.54 Å². The van der Waals surface area contributed by atoms with E-state index in [9.17, 15) is 5.11 Å². The third-order valence-corrected chi connectivity index (χ3v) is 5.03. The minimum atomic E-state index is 0.0273. The smallest absolute Gasteiger partial charge is 0.115 e. The molecule has 3 heterocycles. The molecule has 136 valence electrons. The van der Waals surface area contributed by atoms with Crippen molar-refractivity contribution in [2.24, 2.45) is 0 Å². The Morgan fingerprint density at radius 2 is 2.23 bits per heavy atom. The number of unbranched alkanes of at least 4 members (excludes halogenated alkanes) is 1. The number of H-pyrrole nitrogens is 2. The average Bonchev–Trinajstić information content (AvgIpc) is 3.29. The predicted octanol–water partition coefficient (Wildman–Crippen LogP) is 3.33. The van der Waals surface area contributed by atoms with Gasteiger partial charge in [0.2, 0.25) is 0 Å². The molecule has 6 heteroatoms. The van der Waals surface area contributed by atoms with Gasteiger partial charge in [-0.3, -0.25) is 4.90 Å². The molecule has 0 saturated carbocycles. The summed E-state index contributed by atoms with van der Waals surface area (Å²) in [5.74, 6) is 1.35. The Morgan fingerprint density at radius 1 is 1.31 bits per heavy atom. The number of imidazole rings is 2. The third-order valence-electron chi connectivity index (χ3n) is 5.03. The molecule has 1 aliphatic rings. The fraction of sp³-hybridized carbons (Fsp3) is 0.400. The van der Waals surface area contributed by atoms with E-state index in [1.54, 1.807) is 12.4 Å². The molecule has 6 nitrogen and oxygen atoms in total. The molecule has 3 aromatic rings. The van der Waals surface area contributed by atoms with Gasteiger partial charge in [-0.1, -0.05) is 25.5 Å². The van der Waals surface area contributed by atoms with Gasteiger partial charge in [0.05, 0.1) is 18.1 Å². The second-order valence-corrected chi connectivity index (χ2v) is 6.94. The van der Waals surface area contributed by atoms with Crippen LogP contribution in [-0.4, -0.2) is 36.5 Å². The fourth-order valence-corrected chi connectivity index (χ4v) is 3.73. The summed E-state index contributed by atoms with van der Waals surface area (Å²) < 4.78 is 0. The summed E-state index contributed by atoms with van der Waals surface area (Å²) in [6.07, 6.45) is 7.98. The van der Waals surface area contributed by atoms with Crippen LogP contribution in [0.1, 0.15) is 54.3 Å². The predicted molar refractivity (Wildman–Crippen MR) is 99.9 cm³/mol. The van der Waals surface area contributed by atoms with Gasteiger partial charge in [-0.2, -0.15) is 0 Å². The molecule has 0 amide bonds. The Hall–Kier alpha value is -2.60. The van der Waals surface area contributed by atoms with Gasteiger partial charge in [-0.05, 0) is 24.1 Å². The summed E-state index contributed by atoms with van der Waals surface area (Å²) in [5, 5.41) is 9.94. The van der Waals surface area contributed by atoms with Crippen LogP contribution >= 0.6 is 0 Å². The molecule has 3 N–H and O–H groups in total. The molecule has 0 bridgehead atoms. The molecule has 0 spiro atoms. The van der Waals surface area contributed by atoms with Crippen molar-refractivity contribution < 1.29 is 5.11 Å². The molecule has 1 aromatic carbocycles. The molecular weight excluding hydrogens is 326 g/mol. The van der Waals surface area contributed by atoms with E-state index in [1.807, 2.05) is 18.3 Å². The number of benzene rings is 1. The Bertz CT molecular complexity index is 868. The van der Waals surface area contributed by atoms with Crippen molar-refractivity contribution in [3.05, 3.63) is 65.3 Å². The highest BCUT2D eigenvalue weighted by molar-refractivity contribution is 5.36. The van der Waals surface area contributed by atoms with Crippen molar-refractivity contribution in [1.29, 1.82) is 0 Å². The number of hydrogen-bond donors (Lipinski definition) is 3. The Balaban J connectivity index is 1.61. The maximum absolute atomic E-state index is 9.94. The Morgan fingerprint density at radius 3 is 3.08 bits per heavy atom. The van der Waals surface area contributed by atoms with Gasteiger partial charge >= 0.3 is 0 Å². The number of aromatic amines is 2. The second-order valence-electron chi connectivity index (χ2n) is 6.94. The van der Waals surface area contributed by atoms with Crippen molar-refractivity contribution in [3.63, 3.8) is 0 Å². The molecule has 0 unspecified atom stereocenters. The number of aryl methyl sites for hydroxylation is 1. The first-order chi connectivity index (χ1) is 12.7. The summed E-state index contributed by atoms with van der Waals surface area (Å²) in [6.45, 7) is 3.91. The lowest BCUT2D eigenvalue weighted by Crippen LogP contribution is -2.36. The van der Waals surface area contributed by atoms with Crippen molar-refractivity contribution >= 4 is 0 Å². The summed E-state index contributed by atoms with van der Waals surface area (Å²) in [6, 6.07) is 7.52. The summed E-state index contributed by atoms with van der Waals surface area (Å²) >= 11 is 0. The number of aromatic nitrogens is 4. The SMILES string of the molecule is CCCCc1ncc(CN2CCc3[nH]cnc3[C@@H]2c2cccc(O)c2)[nH]1. The Kier molecular flexibility index (Phi) is 4.75. The number of nitrogens with one attached hydrogen (secondary N) is 2. The summed E-state index contributed by atoms with van der Waals surface area (Å²) in [4.78, 5) is 18.2. The van der Waals surface area contributed by atoms with Crippen molar-refractivity contribution in [1.82, 2.24) is 24.8 Å². The molecular formula is C20H25N5O. The number of nitrogens with zero attached hydrogens (tertiary/aromatic N) is 3. The van der Waals surface area contributed by atoms with Crippen molar-refractivity contribution in [2.45, 2.75) is 45.2 Å². The zero-order chi connectivity index (χ0) is 17.9. The van der Waals surface area contributed by atoms with Crippen LogP contribution in [0.25, 0.3) is 0 Å². The van der Waals surface area contributed by atoms with Crippen LogP contribution < -0.4 is 0 Å². The quantitative estimate of drug-likeness (QED) is 0.636. The van der Waals surface area contributed by atoms with Crippen LogP contribution in [0.15, 0.2) is 36.8 Å². The number of rotatable bonds is 6. The molecule has 0 radical (unpaired) electrons. The van der Waals surface area contributed by atoms with Crippen LogP contribution in [0, 0.1) is 0 Å². The maximum atomic E-state index is 9.94. The minimum absolute atomic E-state index is 0.0273. The maximum Gasteiger partial charge on any atom is 0.115 e. The van der Waals surface area contributed by atoms with Gasteiger partial charge in [-0.15, -0.1) is 0 Å². The lowest BCUT2D eigenvalue weighted by atomic mass is 9.95. The zero-order valence-electron chi connectivity index (χ0n) is 15.1. The standard InChI is InChI=1S/C20H25N5O/c1-2-3-7-18-21-11-15(24-18)12-25-9-8-17-19(23-13-22-17)20(25)14-5-4-6-16(26)10-14/h4-6,10-11,13,20,26H,2-3,7-9,12H2,1H3,(H,21,24)(H,22,23)/t20-/m0/s1. The molecule has 1 aliphatic heterocycles. The normalized spacial score (nSPS) is 17.3. The van der Waals surface area contributed by atoms with E-state index in [4.69, 9.17) is 0 Å². The number of phenols is 1. The number of phenolic OH excluding ortho intramolecular Hbond substituents is 1. The van der Waals surface area contributed by atoms with E-state index in [-0.39, 0.29) is 11.8 Å². The van der Waals surface area contributed by atoms with Crippen LogP contribution in [-0.2, 0) is 19.4 Å². The van der Waals surface area contributed by atoms with E-state index in [1.165, 1.54) is 12.1 Å². The first-order valence-electron chi connectivity index (χ1n) is 9.32. The zero-order valence-corrected chi connectivity index (χ0v) is 15.1. The van der Waals surface area contributed by atoms with Gasteiger partial charge < -0.3 is 15.1 Å². The average molecular weight is 351 g/mol. The monoisotopic (exact) mass is 351 g/mol. The van der Waals surface area contributed by atoms with Crippen LogP contribution in [0.5, 0.6) is 5.75 Å². The lowest BCUT2D eigenvalue weighted by Gasteiger charge is -2.34. The first kappa shape index (κ1) is 16.8. The van der Waals surface area contributed by atoms with Gasteiger partial charge in [0.15, 0.2) is 0 Å². The highest BCUT2D eigenvalue weighted by Gasteiger charge is 2.31. The van der Waals surface area contributed by atoms with E-state index in [0.717, 1.165) is 55.1 Å². The van der Waals surface area contributed by atoms with E-state index in [2.05, 4.69) is 37.8 Å². The number of fused-ring (bicyclic) bond motifs is 1. The van der Waals surface area contributed by atoms with E-state index < -0.39 is 0 Å². The van der Waals surface area contributed by atoms with Crippen LogP contribution in [0.4, 0.5) is 0 Å². The van der Waals surface area contributed by atoms with Gasteiger partial charge in [0.25, 0.3) is 0 Å². The van der Waals surface area contributed by atoms with Gasteiger partial charge in [-0.25, -0.2) is 9.97 Å². The van der Waals surface area contributed by atoms with Gasteiger partial charge in [0.1, 0.15) is 11.6 Å². The molecule has 1 atom stereocenters. The number of hydrogen-bond acceptors (Lipinski definition) is 4. The molecule has 26 heavy (non-hydrogen) atoms. The van der Waals surface area contributed by atoms with E-state index in [0.29, 0.717) is 0 Å². The second kappa shape index (κ2) is 7.33. The summed E-state index contributed by atoms with van der Waals surface area (Å²) in [5.41, 5.74) is 4.42. The topological polar surface area (TPSA) is 80.8 Å². The Labute approximate surface area is 153 Å².